The summed E-state index contributed by atoms with van der Waals surface area (Å²) in [4.78, 5) is 27.8. The normalized spacial score (nSPS) is 15.6. The van der Waals surface area contributed by atoms with E-state index in [2.05, 4.69) is 10.3 Å². The number of nitrogens with one attached hydrogen (secondary N) is 1. The summed E-state index contributed by atoms with van der Waals surface area (Å²) < 4.78 is 5.16. The molecule has 0 bridgehead atoms. The second-order valence-corrected chi connectivity index (χ2v) is 5.56. The molecule has 0 atom stereocenters. The van der Waals surface area contributed by atoms with Crippen LogP contribution in [0.4, 0.5) is 5.69 Å². The predicted octanol–water partition coefficient (Wildman–Crippen LogP) is 3.05. The summed E-state index contributed by atoms with van der Waals surface area (Å²) in [6.45, 7) is 1.45. The molecule has 3 rings (SSSR count). The minimum Gasteiger partial charge on any atom is -0.401 e. The van der Waals surface area contributed by atoms with Gasteiger partial charge in [-0.1, -0.05) is 18.2 Å². The van der Waals surface area contributed by atoms with Crippen LogP contribution in [-0.4, -0.2) is 17.8 Å². The van der Waals surface area contributed by atoms with E-state index in [1.54, 1.807) is 30.3 Å². The van der Waals surface area contributed by atoms with Crippen molar-refractivity contribution in [2.24, 2.45) is 4.99 Å². The second kappa shape index (κ2) is 5.95. The van der Waals surface area contributed by atoms with Gasteiger partial charge in [-0.25, -0.2) is 9.79 Å². The number of rotatable bonds is 3. The molecule has 1 aromatic heterocycles. The fourth-order valence-corrected chi connectivity index (χ4v) is 2.59. The fraction of sp³-hybridized carbons (Fsp3) is 0.0625. The Labute approximate surface area is 131 Å². The molecular weight excluding hydrogens is 300 g/mol. The molecule has 0 fully saturated rings. The Morgan fingerprint density at radius 1 is 1.27 bits per heavy atom. The van der Waals surface area contributed by atoms with Gasteiger partial charge in [0.25, 0.3) is 0 Å². The van der Waals surface area contributed by atoms with Crippen LogP contribution in [0.2, 0.25) is 0 Å². The minimum absolute atomic E-state index is 0.129. The summed E-state index contributed by atoms with van der Waals surface area (Å²) >= 11 is 1.46. The highest BCUT2D eigenvalue weighted by molar-refractivity contribution is 7.12. The summed E-state index contributed by atoms with van der Waals surface area (Å²) in [5, 5.41) is 4.58. The number of carbonyl (C=O) groups excluding carboxylic acids is 2. The van der Waals surface area contributed by atoms with Crippen LogP contribution >= 0.6 is 11.3 Å². The Morgan fingerprint density at radius 3 is 2.68 bits per heavy atom. The van der Waals surface area contributed by atoms with Crippen LogP contribution < -0.4 is 5.32 Å². The molecule has 5 nitrogen and oxygen atoms in total. The number of esters is 1. The van der Waals surface area contributed by atoms with Gasteiger partial charge in [-0.05, 0) is 35.2 Å². The number of hydrogen-bond acceptors (Lipinski definition) is 5. The molecule has 0 aliphatic carbocycles. The maximum Gasteiger partial charge on any atom is 0.363 e. The van der Waals surface area contributed by atoms with Gasteiger partial charge in [0.2, 0.25) is 11.8 Å². The third kappa shape index (κ3) is 3.12. The van der Waals surface area contributed by atoms with Gasteiger partial charge in [-0.3, -0.25) is 4.79 Å². The van der Waals surface area contributed by atoms with Crippen molar-refractivity contribution in [2.45, 2.75) is 6.92 Å². The minimum atomic E-state index is -0.464. The molecule has 1 aliphatic rings. The molecule has 0 saturated carbocycles. The average Bonchev–Trinajstić information content (AvgIpc) is 3.11. The van der Waals surface area contributed by atoms with E-state index >= 15 is 0 Å². The van der Waals surface area contributed by atoms with Crippen LogP contribution in [-0.2, 0) is 14.3 Å². The maximum absolute atomic E-state index is 11.8. The fourth-order valence-electron chi connectivity index (χ4n) is 1.94. The summed E-state index contributed by atoms with van der Waals surface area (Å²) in [5.74, 6) is -0.258. The van der Waals surface area contributed by atoms with E-state index in [0.29, 0.717) is 11.6 Å². The number of cyclic esters (lactones) is 1. The smallest absolute Gasteiger partial charge is 0.363 e. The van der Waals surface area contributed by atoms with E-state index in [-0.39, 0.29) is 11.6 Å². The van der Waals surface area contributed by atoms with Gasteiger partial charge in [0.15, 0.2) is 5.70 Å². The topological polar surface area (TPSA) is 67.8 Å². The van der Waals surface area contributed by atoms with Gasteiger partial charge in [-0.2, -0.15) is 0 Å². The summed E-state index contributed by atoms with van der Waals surface area (Å²) in [6.07, 6.45) is 1.65. The van der Waals surface area contributed by atoms with Crippen molar-refractivity contribution in [3.05, 3.63) is 57.9 Å². The number of carbonyl (C=O) groups is 2. The van der Waals surface area contributed by atoms with Crippen molar-refractivity contribution < 1.29 is 14.3 Å². The highest BCUT2D eigenvalue weighted by atomic mass is 32.1. The first-order chi connectivity index (χ1) is 10.6. The molecule has 22 heavy (non-hydrogen) atoms. The lowest BCUT2D eigenvalue weighted by molar-refractivity contribution is -0.129. The third-order valence-corrected chi connectivity index (χ3v) is 3.74. The van der Waals surface area contributed by atoms with Crippen LogP contribution in [0.25, 0.3) is 6.08 Å². The number of benzene rings is 1. The first kappa shape index (κ1) is 14.2. The Bertz CT molecular complexity index is 774. The van der Waals surface area contributed by atoms with Crippen LogP contribution in [0.15, 0.2) is 52.5 Å². The van der Waals surface area contributed by atoms with Crippen molar-refractivity contribution >= 4 is 40.9 Å². The van der Waals surface area contributed by atoms with E-state index in [4.69, 9.17) is 4.74 Å². The highest BCUT2D eigenvalue weighted by Gasteiger charge is 2.24. The van der Waals surface area contributed by atoms with Gasteiger partial charge in [0, 0.05) is 12.6 Å². The number of hydrogen-bond donors (Lipinski definition) is 1. The first-order valence-corrected chi connectivity index (χ1v) is 7.44. The summed E-state index contributed by atoms with van der Waals surface area (Å²) in [5.41, 5.74) is 1.76. The van der Waals surface area contributed by atoms with Crippen LogP contribution in [0.3, 0.4) is 0 Å². The molecule has 2 heterocycles. The molecule has 1 amide bonds. The second-order valence-electron chi connectivity index (χ2n) is 4.62. The lowest BCUT2D eigenvalue weighted by Gasteiger charge is -2.01. The van der Waals surface area contributed by atoms with E-state index in [1.807, 2.05) is 17.5 Å². The predicted molar refractivity (Wildman–Crippen MR) is 85.7 cm³/mol. The van der Waals surface area contributed by atoms with Crippen molar-refractivity contribution in [1.29, 1.82) is 0 Å². The molecule has 1 aliphatic heterocycles. The van der Waals surface area contributed by atoms with Gasteiger partial charge in [0.1, 0.15) is 0 Å². The lowest BCUT2D eigenvalue weighted by Crippen LogP contribution is -2.05. The largest absolute Gasteiger partial charge is 0.401 e. The Kier molecular flexibility index (Phi) is 3.84. The van der Waals surface area contributed by atoms with Crippen LogP contribution in [0.5, 0.6) is 0 Å². The maximum atomic E-state index is 11.8. The zero-order valence-electron chi connectivity index (χ0n) is 11.7. The number of nitrogens with zero attached hydrogens (tertiary/aromatic N) is 1. The molecular formula is C16H12N2O3S. The van der Waals surface area contributed by atoms with E-state index in [9.17, 15) is 9.59 Å². The zero-order valence-corrected chi connectivity index (χ0v) is 12.5. The van der Waals surface area contributed by atoms with Gasteiger partial charge < -0.3 is 10.1 Å². The quantitative estimate of drug-likeness (QED) is 0.699. The monoisotopic (exact) mass is 312 g/mol. The third-order valence-electron chi connectivity index (χ3n) is 2.89. The molecule has 2 aromatic rings. The molecule has 110 valence electrons. The number of anilines is 1. The standard InChI is InChI=1S/C16H12N2O3S/c1-10(19)17-12-6-4-11(5-7-12)9-13-16(20)21-15(18-13)14-3-2-8-22-14/h2-9H,1H3,(H,17,19)/b13-9+. The molecule has 0 saturated heterocycles. The van der Waals surface area contributed by atoms with Gasteiger partial charge >= 0.3 is 5.97 Å². The summed E-state index contributed by atoms with van der Waals surface area (Å²) in [7, 11) is 0. The van der Waals surface area contributed by atoms with Crippen molar-refractivity contribution in [2.75, 3.05) is 5.32 Å². The van der Waals surface area contributed by atoms with Crippen molar-refractivity contribution in [1.82, 2.24) is 0 Å². The molecule has 0 unspecified atom stereocenters. The number of thiophene rings is 1. The number of ether oxygens (including phenoxy) is 1. The van der Waals surface area contributed by atoms with Crippen LogP contribution in [0.1, 0.15) is 17.4 Å². The van der Waals surface area contributed by atoms with Crippen molar-refractivity contribution in [3.8, 4) is 0 Å². The number of aliphatic imine (C=N–C) groups is 1. The van der Waals surface area contributed by atoms with E-state index < -0.39 is 5.97 Å². The molecule has 1 aromatic carbocycles. The van der Waals surface area contributed by atoms with Crippen LogP contribution in [0, 0.1) is 0 Å². The molecule has 1 N–H and O–H groups in total. The Hall–Kier alpha value is -2.73. The highest BCUT2D eigenvalue weighted by Crippen LogP contribution is 2.22. The molecule has 0 radical (unpaired) electrons. The van der Waals surface area contributed by atoms with Crippen molar-refractivity contribution in [3.63, 3.8) is 0 Å². The van der Waals surface area contributed by atoms with Gasteiger partial charge in [-0.15, -0.1) is 11.3 Å². The first-order valence-electron chi connectivity index (χ1n) is 6.56. The van der Waals surface area contributed by atoms with E-state index in [1.165, 1.54) is 18.3 Å². The summed E-state index contributed by atoms with van der Waals surface area (Å²) in [6, 6.07) is 10.8. The Morgan fingerprint density at radius 2 is 2.05 bits per heavy atom. The van der Waals surface area contributed by atoms with E-state index in [0.717, 1.165) is 10.4 Å². The SMILES string of the molecule is CC(=O)Nc1ccc(/C=C2/N=C(c3cccs3)OC2=O)cc1. The van der Waals surface area contributed by atoms with Gasteiger partial charge in [0.05, 0.1) is 4.88 Å². The molecule has 0 spiro atoms. The molecule has 6 heteroatoms. The number of amides is 1. The average molecular weight is 312 g/mol. The zero-order chi connectivity index (χ0) is 15.5. The Balaban J connectivity index is 1.82. The lowest BCUT2D eigenvalue weighted by atomic mass is 10.2.